The van der Waals surface area contributed by atoms with Crippen LogP contribution < -0.4 is 17.0 Å². The summed E-state index contributed by atoms with van der Waals surface area (Å²) < 4.78 is 50.9. The molecule has 9 unspecified atom stereocenters. The predicted octanol–water partition coefficient (Wildman–Crippen LogP) is 0.0512. The summed E-state index contributed by atoms with van der Waals surface area (Å²) in [7, 11) is -2.42. The van der Waals surface area contributed by atoms with Gasteiger partial charge in [-0.3, -0.25) is 18.9 Å². The van der Waals surface area contributed by atoms with Gasteiger partial charge in [-0.2, -0.15) is 4.98 Å². The molecule has 7 rings (SSSR count). The molecule has 2 bridgehead atoms. The molecular formula is C22H27N10O10P2S2+. The Morgan fingerprint density at radius 3 is 2.70 bits per heavy atom. The summed E-state index contributed by atoms with van der Waals surface area (Å²) >= 11 is 9.33. The van der Waals surface area contributed by atoms with Gasteiger partial charge >= 0.3 is 13.9 Å². The van der Waals surface area contributed by atoms with Gasteiger partial charge in [0.05, 0.1) is 38.6 Å². The van der Waals surface area contributed by atoms with Crippen molar-refractivity contribution >= 4 is 72.1 Å². The zero-order chi connectivity index (χ0) is 32.4. The number of aromatic amines is 1. The van der Waals surface area contributed by atoms with Gasteiger partial charge in [-0.15, -0.1) is 4.52 Å². The smallest absolute Gasteiger partial charge is 0.391 e. The lowest BCUT2D eigenvalue weighted by atomic mass is 10.0. The zero-order valence-electron chi connectivity index (χ0n) is 23.4. The van der Waals surface area contributed by atoms with Gasteiger partial charge in [0.1, 0.15) is 36.3 Å². The molecule has 4 aromatic heterocycles. The van der Waals surface area contributed by atoms with Crippen molar-refractivity contribution in [3.05, 3.63) is 29.3 Å². The first kappa shape index (κ1) is 31.9. The van der Waals surface area contributed by atoms with Gasteiger partial charge < -0.3 is 44.7 Å². The number of nitrogens with zero attached hydrogens (tertiary/aromatic N) is 7. The van der Waals surface area contributed by atoms with E-state index in [0.717, 1.165) is 0 Å². The average molecular weight is 718 g/mol. The molecule has 3 fully saturated rings. The molecule has 20 nitrogen and oxygen atoms in total. The summed E-state index contributed by atoms with van der Waals surface area (Å²) in [6, 6.07) is 0. The van der Waals surface area contributed by atoms with Crippen molar-refractivity contribution in [3.63, 3.8) is 0 Å². The lowest BCUT2D eigenvalue weighted by molar-refractivity contribution is -0.183. The number of nitrogen functional groups attached to an aromatic ring is 2. The van der Waals surface area contributed by atoms with E-state index in [0.29, 0.717) is 11.2 Å². The van der Waals surface area contributed by atoms with Gasteiger partial charge in [-0.25, -0.2) is 19.9 Å². The number of thiol groups is 1. The van der Waals surface area contributed by atoms with Crippen molar-refractivity contribution in [2.45, 2.75) is 55.3 Å². The SMILES string of the molecule is Nc1nc2c(ncn2C2OCC(O)CCC2OP(O)(=S)OCC23COC(C(n4cnc5c(N)ncnc54)O2)C3O[P+](=O)S)c(=O)[nH]1. The number of fused-ring (bicyclic) bond motifs is 4. The van der Waals surface area contributed by atoms with E-state index < -0.39 is 68.6 Å². The van der Waals surface area contributed by atoms with Crippen LogP contribution in [0.25, 0.3) is 22.3 Å². The number of hydrogen-bond donors (Lipinski definition) is 6. The molecule has 9 atom stereocenters. The maximum atomic E-state index is 12.4. The van der Waals surface area contributed by atoms with E-state index in [9.17, 15) is 19.4 Å². The molecule has 3 aliphatic heterocycles. The number of imidazole rings is 2. The summed E-state index contributed by atoms with van der Waals surface area (Å²) in [4.78, 5) is 46.8. The number of anilines is 2. The van der Waals surface area contributed by atoms with Crippen LogP contribution in [0.3, 0.4) is 0 Å². The number of ether oxygens (including phenoxy) is 3. The lowest BCUT2D eigenvalue weighted by Gasteiger charge is -2.33. The van der Waals surface area contributed by atoms with Crippen LogP contribution in [0.5, 0.6) is 0 Å². The molecule has 4 aromatic rings. The third-order valence-electron chi connectivity index (χ3n) is 7.87. The first-order chi connectivity index (χ1) is 21.9. The molecule has 24 heteroatoms. The molecule has 0 radical (unpaired) electrons. The van der Waals surface area contributed by atoms with Crippen molar-refractivity contribution in [2.75, 3.05) is 31.3 Å². The molecule has 3 saturated heterocycles. The van der Waals surface area contributed by atoms with Crippen LogP contribution in [0.15, 0.2) is 23.8 Å². The summed E-state index contributed by atoms with van der Waals surface area (Å²) in [5.74, 6) is 0.0183. The van der Waals surface area contributed by atoms with Gasteiger partial charge in [0.25, 0.3) is 5.56 Å². The molecule has 7 N–H and O–H groups in total. The van der Waals surface area contributed by atoms with Crippen molar-refractivity contribution < 1.29 is 42.3 Å². The Kier molecular flexibility index (Phi) is 8.35. The van der Waals surface area contributed by atoms with E-state index in [1.165, 1.54) is 23.5 Å². The van der Waals surface area contributed by atoms with Crippen LogP contribution in [0.4, 0.5) is 11.8 Å². The van der Waals surface area contributed by atoms with Crippen LogP contribution in [0.1, 0.15) is 25.3 Å². The van der Waals surface area contributed by atoms with E-state index in [4.69, 9.17) is 51.1 Å². The minimum Gasteiger partial charge on any atom is -0.391 e. The lowest BCUT2D eigenvalue weighted by Crippen LogP contribution is -2.45. The number of hydrogen-bond acceptors (Lipinski definition) is 17. The van der Waals surface area contributed by atoms with Crippen molar-refractivity contribution in [3.8, 4) is 0 Å². The number of nitrogens with one attached hydrogen (secondary N) is 1. The van der Waals surface area contributed by atoms with E-state index >= 15 is 0 Å². The van der Waals surface area contributed by atoms with E-state index in [-0.39, 0.29) is 49.0 Å². The van der Waals surface area contributed by atoms with Gasteiger partial charge in [0, 0.05) is 0 Å². The average Bonchev–Trinajstić information content (AvgIpc) is 3.74. The van der Waals surface area contributed by atoms with Crippen molar-refractivity contribution in [1.82, 2.24) is 39.0 Å². The van der Waals surface area contributed by atoms with Gasteiger partial charge in [-0.05, 0) is 29.2 Å². The maximum absolute atomic E-state index is 12.4. The van der Waals surface area contributed by atoms with E-state index in [2.05, 4.69) is 42.2 Å². The fraction of sp³-hybridized carbons (Fsp3) is 0.545. The molecule has 0 amide bonds. The number of aromatic nitrogens is 8. The maximum Gasteiger partial charge on any atom is 0.582 e. The Balaban J connectivity index is 1.14. The normalized spacial score (nSPS) is 31.3. The van der Waals surface area contributed by atoms with Crippen LogP contribution in [0, 0.1) is 0 Å². The molecule has 0 aromatic carbocycles. The van der Waals surface area contributed by atoms with Crippen LogP contribution in [0.2, 0.25) is 0 Å². The van der Waals surface area contributed by atoms with Crippen LogP contribution >= 0.6 is 26.2 Å². The summed E-state index contributed by atoms with van der Waals surface area (Å²) in [6.07, 6.45) is -1.07. The molecule has 0 aliphatic carbocycles. The van der Waals surface area contributed by atoms with Crippen LogP contribution in [-0.4, -0.2) is 98.9 Å². The predicted molar refractivity (Wildman–Crippen MR) is 164 cm³/mol. The second-order valence-corrected chi connectivity index (χ2v) is 15.3. The van der Waals surface area contributed by atoms with E-state index in [1.54, 1.807) is 4.57 Å². The summed E-state index contributed by atoms with van der Waals surface area (Å²) in [5.41, 5.74) is 10.5. The second-order valence-electron chi connectivity index (χ2n) is 10.8. The molecular weight excluding hydrogens is 690 g/mol. The van der Waals surface area contributed by atoms with Gasteiger partial charge in [-0.1, -0.05) is 0 Å². The Hall–Kier alpha value is -2.72. The molecule has 3 aliphatic rings. The first-order valence-electron chi connectivity index (χ1n) is 13.7. The number of nitrogens with two attached hydrogens (primary N) is 2. The minimum atomic E-state index is -4.11. The Morgan fingerprint density at radius 1 is 1.15 bits per heavy atom. The van der Waals surface area contributed by atoms with E-state index in [1.807, 2.05) is 0 Å². The fourth-order valence-electron chi connectivity index (χ4n) is 5.81. The third kappa shape index (κ3) is 5.71. The molecule has 7 heterocycles. The van der Waals surface area contributed by atoms with Gasteiger partial charge in [0.15, 0.2) is 46.8 Å². The van der Waals surface area contributed by atoms with Crippen LogP contribution in [-0.2, 0) is 44.2 Å². The van der Waals surface area contributed by atoms with Crippen molar-refractivity contribution in [1.29, 1.82) is 0 Å². The Bertz CT molecular complexity index is 1930. The topological polar surface area (TPSA) is 272 Å². The highest BCUT2D eigenvalue weighted by atomic mass is 32.7. The molecule has 0 saturated carbocycles. The number of rotatable bonds is 9. The van der Waals surface area contributed by atoms with Crippen molar-refractivity contribution in [2.24, 2.45) is 0 Å². The second kappa shape index (κ2) is 12.1. The quantitative estimate of drug-likeness (QED) is 0.0986. The largest absolute Gasteiger partial charge is 0.582 e. The summed E-state index contributed by atoms with van der Waals surface area (Å²) in [6.45, 7) is -4.67. The highest BCUT2D eigenvalue weighted by molar-refractivity contribution is 8.39. The van der Waals surface area contributed by atoms with Gasteiger partial charge in [0.2, 0.25) is 5.95 Å². The highest BCUT2D eigenvalue weighted by Crippen LogP contribution is 2.54. The molecule has 0 spiro atoms. The number of H-pyrrole nitrogens is 1. The fourth-order valence-corrected chi connectivity index (χ4v) is 8.11. The standard InChI is InChI=1S/C22H26N10O10P2S2/c23-15-11-16(26-6-25-15)31(7-27-11)20-13-14(41-43(35)45)22(40-20,4-38-13)5-39-44(36,46)42-10-2-1-9(33)3-37-19(10)32-8-28-12-17(32)29-21(24)30-18(12)34/h6-10,13-14,19-20,33H,1-5H2,(H6-,23,24,25,26,29,30,34,35,36,45,46)/p+1. The molecule has 46 heavy (non-hydrogen) atoms. The highest BCUT2D eigenvalue weighted by Gasteiger charge is 2.66. The first-order valence-corrected chi connectivity index (χ1v) is 18.6. The number of aliphatic hydroxyl groups is 1. The molecule has 246 valence electrons. The zero-order valence-corrected chi connectivity index (χ0v) is 26.9. The minimum absolute atomic E-state index is 0.00256. The monoisotopic (exact) mass is 717 g/mol. The Labute approximate surface area is 269 Å². The number of aliphatic hydroxyl groups excluding tert-OH is 1. The summed E-state index contributed by atoms with van der Waals surface area (Å²) in [5, 5.41) is 10.3. The third-order valence-corrected chi connectivity index (χ3v) is 10.1. The Morgan fingerprint density at radius 2 is 1.91 bits per heavy atom.